The largest absolute Gasteiger partial charge is 0.323 e. The fourth-order valence-corrected chi connectivity index (χ4v) is 2.30. The van der Waals surface area contributed by atoms with Crippen LogP contribution in [-0.4, -0.2) is 4.98 Å². The first-order chi connectivity index (χ1) is 8.25. The molecule has 1 atom stereocenters. The minimum atomic E-state index is 0.00294. The maximum absolute atomic E-state index is 5.76. The summed E-state index contributed by atoms with van der Waals surface area (Å²) in [7, 11) is 0. The van der Waals surface area contributed by atoms with E-state index in [0.29, 0.717) is 0 Å². The maximum atomic E-state index is 5.76. The van der Waals surface area contributed by atoms with Crippen molar-refractivity contribution in [3.8, 4) is 0 Å². The molecule has 0 spiro atoms. The van der Waals surface area contributed by atoms with E-state index >= 15 is 0 Å². The molecule has 0 aliphatic rings. The van der Waals surface area contributed by atoms with Gasteiger partial charge in [0.05, 0.1) is 5.69 Å². The van der Waals surface area contributed by atoms with Gasteiger partial charge in [0.2, 0.25) is 0 Å². The molecule has 0 saturated carbocycles. The van der Waals surface area contributed by atoms with Crippen molar-refractivity contribution in [2.24, 2.45) is 5.73 Å². The molecule has 0 saturated heterocycles. The van der Waals surface area contributed by atoms with Crippen LogP contribution < -0.4 is 5.73 Å². The van der Waals surface area contributed by atoms with E-state index in [1.165, 1.54) is 10.5 Å². The van der Waals surface area contributed by atoms with Crippen molar-refractivity contribution >= 4 is 11.8 Å². The van der Waals surface area contributed by atoms with Crippen molar-refractivity contribution in [3.05, 3.63) is 59.9 Å². The summed E-state index contributed by atoms with van der Waals surface area (Å²) in [6.45, 7) is 1.94. The van der Waals surface area contributed by atoms with Gasteiger partial charge >= 0.3 is 0 Å². The van der Waals surface area contributed by atoms with Gasteiger partial charge in [0, 0.05) is 22.9 Å². The molecule has 0 amide bonds. The molecule has 88 valence electrons. The molecule has 0 aliphatic heterocycles. The normalized spacial score (nSPS) is 12.4. The van der Waals surface area contributed by atoms with Gasteiger partial charge in [-0.25, -0.2) is 0 Å². The molecule has 0 aliphatic carbocycles. The van der Waals surface area contributed by atoms with Crippen LogP contribution in [0.5, 0.6) is 0 Å². The zero-order valence-electron chi connectivity index (χ0n) is 9.84. The van der Waals surface area contributed by atoms with Gasteiger partial charge in [-0.2, -0.15) is 0 Å². The van der Waals surface area contributed by atoms with Crippen molar-refractivity contribution in [1.29, 1.82) is 0 Å². The topological polar surface area (TPSA) is 38.9 Å². The second-order valence-electron chi connectivity index (χ2n) is 3.98. The van der Waals surface area contributed by atoms with Gasteiger partial charge in [0.15, 0.2) is 0 Å². The summed E-state index contributed by atoms with van der Waals surface area (Å²) in [5, 5.41) is 0. The van der Waals surface area contributed by atoms with Gasteiger partial charge in [-0.3, -0.25) is 4.98 Å². The Hall–Kier alpha value is -1.32. The Morgan fingerprint density at radius 1 is 1.18 bits per heavy atom. The summed E-state index contributed by atoms with van der Waals surface area (Å²) in [6, 6.07) is 14.5. The second-order valence-corrected chi connectivity index (χ2v) is 5.03. The van der Waals surface area contributed by atoms with E-state index in [-0.39, 0.29) is 6.04 Å². The van der Waals surface area contributed by atoms with Crippen LogP contribution in [0.25, 0.3) is 0 Å². The quantitative estimate of drug-likeness (QED) is 0.838. The molecule has 2 rings (SSSR count). The summed E-state index contributed by atoms with van der Waals surface area (Å²) in [5.74, 6) is 0.972. The molecule has 0 radical (unpaired) electrons. The molecule has 3 heteroatoms. The molecule has 1 aromatic carbocycles. The maximum Gasteiger partial charge on any atom is 0.0569 e. The number of hydrogen-bond acceptors (Lipinski definition) is 3. The van der Waals surface area contributed by atoms with E-state index in [2.05, 4.69) is 35.3 Å². The van der Waals surface area contributed by atoms with Gasteiger partial charge in [-0.1, -0.05) is 30.3 Å². The lowest BCUT2D eigenvalue weighted by Gasteiger charge is -2.05. The predicted octanol–water partition coefficient (Wildman–Crippen LogP) is 3.39. The Balaban J connectivity index is 1.96. The molecular weight excluding hydrogens is 228 g/mol. The standard InChI is InChI=1S/C14H16N2S/c1-11(15)14-8-7-13(9-16-14)17-10-12-5-3-2-4-6-12/h2-9,11H,10,15H2,1H3/t11-/m0/s1. The number of aromatic nitrogens is 1. The van der Waals surface area contributed by atoms with Crippen LogP contribution in [0.2, 0.25) is 0 Å². The Morgan fingerprint density at radius 3 is 2.53 bits per heavy atom. The number of benzene rings is 1. The Morgan fingerprint density at radius 2 is 1.94 bits per heavy atom. The number of pyridine rings is 1. The number of nitrogens with two attached hydrogens (primary N) is 1. The fraction of sp³-hybridized carbons (Fsp3) is 0.214. The SMILES string of the molecule is C[C@H](N)c1ccc(SCc2ccccc2)cn1. The van der Waals surface area contributed by atoms with E-state index in [1.807, 2.05) is 25.3 Å². The van der Waals surface area contributed by atoms with E-state index in [0.717, 1.165) is 11.4 Å². The van der Waals surface area contributed by atoms with E-state index < -0.39 is 0 Å². The third-order valence-electron chi connectivity index (χ3n) is 2.47. The van der Waals surface area contributed by atoms with Crippen LogP contribution in [0.15, 0.2) is 53.6 Å². The van der Waals surface area contributed by atoms with E-state index in [4.69, 9.17) is 5.73 Å². The van der Waals surface area contributed by atoms with Gasteiger partial charge in [0.25, 0.3) is 0 Å². The Kier molecular flexibility index (Phi) is 4.18. The molecule has 0 unspecified atom stereocenters. The van der Waals surface area contributed by atoms with Crippen molar-refractivity contribution < 1.29 is 0 Å². The lowest BCUT2D eigenvalue weighted by atomic mass is 10.2. The van der Waals surface area contributed by atoms with Gasteiger partial charge in [-0.15, -0.1) is 11.8 Å². The number of thioether (sulfide) groups is 1. The summed E-state index contributed by atoms with van der Waals surface area (Å²) in [4.78, 5) is 5.52. The molecule has 17 heavy (non-hydrogen) atoms. The van der Waals surface area contributed by atoms with E-state index in [9.17, 15) is 0 Å². The number of rotatable bonds is 4. The molecule has 1 aromatic heterocycles. The first-order valence-corrected chi connectivity index (χ1v) is 6.62. The van der Waals surface area contributed by atoms with Crippen molar-refractivity contribution in [3.63, 3.8) is 0 Å². The molecule has 2 aromatic rings. The third-order valence-corrected chi connectivity index (χ3v) is 3.53. The summed E-state index contributed by atoms with van der Waals surface area (Å²) in [6.07, 6.45) is 1.90. The van der Waals surface area contributed by atoms with Crippen LogP contribution >= 0.6 is 11.8 Å². The number of hydrogen-bond donors (Lipinski definition) is 1. The van der Waals surface area contributed by atoms with Gasteiger partial charge in [-0.05, 0) is 24.6 Å². The Labute approximate surface area is 106 Å². The highest BCUT2D eigenvalue weighted by atomic mass is 32.2. The fourth-order valence-electron chi connectivity index (χ4n) is 1.49. The predicted molar refractivity (Wildman–Crippen MR) is 72.8 cm³/mol. The molecule has 1 heterocycles. The smallest absolute Gasteiger partial charge is 0.0569 e. The van der Waals surface area contributed by atoms with Crippen LogP contribution in [0.4, 0.5) is 0 Å². The second kappa shape index (κ2) is 5.84. The van der Waals surface area contributed by atoms with Crippen molar-refractivity contribution in [2.45, 2.75) is 23.6 Å². The molecular formula is C14H16N2S. The summed E-state index contributed by atoms with van der Waals surface area (Å²) >= 11 is 1.79. The van der Waals surface area contributed by atoms with Gasteiger partial charge in [0.1, 0.15) is 0 Å². The summed E-state index contributed by atoms with van der Waals surface area (Å²) < 4.78 is 0. The summed E-state index contributed by atoms with van der Waals surface area (Å²) in [5.41, 5.74) is 8.03. The van der Waals surface area contributed by atoms with Crippen LogP contribution in [0, 0.1) is 0 Å². The lowest BCUT2D eigenvalue weighted by Crippen LogP contribution is -2.06. The zero-order chi connectivity index (χ0) is 12.1. The van der Waals surface area contributed by atoms with Gasteiger partial charge < -0.3 is 5.73 Å². The van der Waals surface area contributed by atoms with Crippen LogP contribution in [-0.2, 0) is 5.75 Å². The highest BCUT2D eigenvalue weighted by Gasteiger charge is 2.01. The van der Waals surface area contributed by atoms with Crippen molar-refractivity contribution in [2.75, 3.05) is 0 Å². The van der Waals surface area contributed by atoms with Crippen molar-refractivity contribution in [1.82, 2.24) is 4.98 Å². The minimum absolute atomic E-state index is 0.00294. The first kappa shape index (κ1) is 12.1. The minimum Gasteiger partial charge on any atom is -0.323 e. The molecule has 2 nitrogen and oxygen atoms in total. The molecule has 0 bridgehead atoms. The average Bonchev–Trinajstić information content (AvgIpc) is 2.38. The molecule has 0 fully saturated rings. The molecule has 2 N–H and O–H groups in total. The first-order valence-electron chi connectivity index (χ1n) is 5.64. The third kappa shape index (κ3) is 3.58. The highest BCUT2D eigenvalue weighted by molar-refractivity contribution is 7.98. The van der Waals surface area contributed by atoms with E-state index in [1.54, 1.807) is 11.8 Å². The van der Waals surface area contributed by atoms with Crippen LogP contribution in [0.3, 0.4) is 0 Å². The average molecular weight is 244 g/mol. The lowest BCUT2D eigenvalue weighted by molar-refractivity contribution is 0.777. The monoisotopic (exact) mass is 244 g/mol. The van der Waals surface area contributed by atoms with Crippen LogP contribution in [0.1, 0.15) is 24.2 Å². The number of nitrogens with zero attached hydrogens (tertiary/aromatic N) is 1. The zero-order valence-corrected chi connectivity index (χ0v) is 10.7. The Bertz CT molecular complexity index is 451. The highest BCUT2D eigenvalue weighted by Crippen LogP contribution is 2.22.